The first-order valence-electron chi connectivity index (χ1n) is 10.5. The van der Waals surface area contributed by atoms with E-state index in [0.29, 0.717) is 32.2 Å². The molecule has 8 heteroatoms. The number of fused-ring (bicyclic) bond motifs is 3. The molecule has 0 unspecified atom stereocenters. The first kappa shape index (κ1) is 22.3. The van der Waals surface area contributed by atoms with Gasteiger partial charge in [-0.2, -0.15) is 0 Å². The van der Waals surface area contributed by atoms with E-state index >= 15 is 0 Å². The van der Waals surface area contributed by atoms with E-state index < -0.39 is 0 Å². The molecule has 1 aliphatic rings. The van der Waals surface area contributed by atoms with Crippen LogP contribution in [-0.2, 0) is 11.8 Å². The lowest BCUT2D eigenvalue weighted by atomic mass is 10.1. The van der Waals surface area contributed by atoms with Crippen molar-refractivity contribution in [3.05, 3.63) is 65.1 Å². The number of aromatic nitrogens is 1. The lowest BCUT2D eigenvalue weighted by molar-refractivity contribution is -0.113. The van der Waals surface area contributed by atoms with Crippen LogP contribution in [0.25, 0.3) is 27.9 Å². The number of para-hydroxylation sites is 1. The normalized spacial score (nSPS) is 15.1. The number of nitrogens with zero attached hydrogens (tertiary/aromatic N) is 2. The molecule has 0 N–H and O–H groups in total. The van der Waals surface area contributed by atoms with Crippen molar-refractivity contribution in [3.8, 4) is 17.2 Å². The molecule has 5 rings (SSSR count). The Morgan fingerprint density at radius 1 is 0.882 bits per heavy atom. The minimum Gasteiger partial charge on any atom is -0.493 e. The van der Waals surface area contributed by atoms with Crippen molar-refractivity contribution >= 4 is 67.8 Å². The fourth-order valence-corrected chi connectivity index (χ4v) is 5.61. The van der Waals surface area contributed by atoms with Gasteiger partial charge in [-0.25, -0.2) is 0 Å². The molecule has 0 bridgehead atoms. The molecule has 1 aliphatic heterocycles. The van der Waals surface area contributed by atoms with Gasteiger partial charge in [0.2, 0.25) is 5.75 Å². The molecule has 6 nitrogen and oxygen atoms in total. The zero-order chi connectivity index (χ0) is 24.0. The van der Waals surface area contributed by atoms with Crippen molar-refractivity contribution < 1.29 is 19.0 Å². The van der Waals surface area contributed by atoms with Gasteiger partial charge in [0.25, 0.3) is 5.91 Å². The summed E-state index contributed by atoms with van der Waals surface area (Å²) in [4.78, 5) is 15.4. The van der Waals surface area contributed by atoms with E-state index in [1.807, 2.05) is 24.3 Å². The average molecular weight is 491 g/mol. The Balaban J connectivity index is 1.54. The first-order chi connectivity index (χ1) is 16.5. The molecule has 0 aliphatic carbocycles. The van der Waals surface area contributed by atoms with Crippen LogP contribution < -0.4 is 19.1 Å². The second-order valence-electron chi connectivity index (χ2n) is 7.75. The standard InChI is InChI=1S/C26H22N2O4S2/c1-27-19-8-6-5-7-17(19)18-11-15(9-10-20(18)27)12-23-25(29)28(26(33)34-23)16-13-21(30-2)24(32-4)22(14-16)31-3/h5-14H,1-4H3/b23-12-. The molecule has 1 aromatic heterocycles. The molecule has 1 saturated heterocycles. The van der Waals surface area contributed by atoms with E-state index in [1.165, 1.54) is 48.9 Å². The number of hydrogen-bond acceptors (Lipinski definition) is 6. The van der Waals surface area contributed by atoms with Crippen LogP contribution in [0.4, 0.5) is 5.69 Å². The van der Waals surface area contributed by atoms with Crippen molar-refractivity contribution in [2.45, 2.75) is 0 Å². The highest BCUT2D eigenvalue weighted by atomic mass is 32.2. The Labute approximate surface area is 206 Å². The molecule has 3 aromatic carbocycles. The summed E-state index contributed by atoms with van der Waals surface area (Å²) in [5, 5.41) is 2.33. The number of thiocarbonyl (C=S) groups is 1. The Bertz CT molecular complexity index is 1480. The number of thioether (sulfide) groups is 1. The maximum atomic E-state index is 13.4. The van der Waals surface area contributed by atoms with Crippen LogP contribution in [0.15, 0.2) is 59.5 Å². The topological polar surface area (TPSA) is 52.9 Å². The molecular weight excluding hydrogens is 468 g/mol. The van der Waals surface area contributed by atoms with Crippen molar-refractivity contribution in [2.24, 2.45) is 7.05 Å². The van der Waals surface area contributed by atoms with Crippen LogP contribution in [0.2, 0.25) is 0 Å². The molecular formula is C26H22N2O4S2. The Morgan fingerprint density at radius 3 is 2.24 bits per heavy atom. The number of hydrogen-bond donors (Lipinski definition) is 0. The number of benzene rings is 3. The lowest BCUT2D eigenvalue weighted by Gasteiger charge is -2.19. The lowest BCUT2D eigenvalue weighted by Crippen LogP contribution is -2.27. The first-order valence-corrected chi connectivity index (χ1v) is 11.7. The van der Waals surface area contributed by atoms with Crippen molar-refractivity contribution in [1.29, 1.82) is 0 Å². The van der Waals surface area contributed by atoms with Crippen LogP contribution in [0.3, 0.4) is 0 Å². The van der Waals surface area contributed by atoms with Gasteiger partial charge in [0.05, 0.1) is 31.9 Å². The highest BCUT2D eigenvalue weighted by Crippen LogP contribution is 2.44. The number of methoxy groups -OCH3 is 3. The van der Waals surface area contributed by atoms with Crippen molar-refractivity contribution in [1.82, 2.24) is 4.57 Å². The molecule has 34 heavy (non-hydrogen) atoms. The molecule has 2 heterocycles. The van der Waals surface area contributed by atoms with E-state index in [4.69, 9.17) is 26.4 Å². The van der Waals surface area contributed by atoms with Gasteiger partial charge in [-0.1, -0.05) is 48.2 Å². The number of aryl methyl sites for hydroxylation is 1. The second-order valence-corrected chi connectivity index (χ2v) is 9.43. The Hall–Kier alpha value is -3.49. The van der Waals surface area contributed by atoms with Crippen LogP contribution in [0.5, 0.6) is 17.2 Å². The van der Waals surface area contributed by atoms with Gasteiger partial charge in [-0.15, -0.1) is 0 Å². The van der Waals surface area contributed by atoms with Crippen LogP contribution in [-0.4, -0.2) is 36.1 Å². The second kappa shape index (κ2) is 8.70. The van der Waals surface area contributed by atoms with Gasteiger partial charge in [0.15, 0.2) is 15.8 Å². The molecule has 0 saturated carbocycles. The van der Waals surface area contributed by atoms with Crippen molar-refractivity contribution in [2.75, 3.05) is 26.2 Å². The fraction of sp³-hybridized carbons (Fsp3) is 0.154. The minimum absolute atomic E-state index is 0.192. The summed E-state index contributed by atoms with van der Waals surface area (Å²) in [7, 11) is 6.67. The summed E-state index contributed by atoms with van der Waals surface area (Å²) in [6.07, 6.45) is 1.89. The summed E-state index contributed by atoms with van der Waals surface area (Å²) in [5.74, 6) is 1.17. The van der Waals surface area contributed by atoms with E-state index in [9.17, 15) is 4.79 Å². The van der Waals surface area contributed by atoms with Gasteiger partial charge in [0.1, 0.15) is 0 Å². The molecule has 4 aromatic rings. The number of carbonyl (C=O) groups excluding carboxylic acids is 1. The zero-order valence-corrected chi connectivity index (χ0v) is 20.8. The largest absolute Gasteiger partial charge is 0.493 e. The number of ether oxygens (including phenoxy) is 3. The third kappa shape index (κ3) is 3.50. The third-order valence-electron chi connectivity index (χ3n) is 5.94. The predicted molar refractivity (Wildman–Crippen MR) is 142 cm³/mol. The third-order valence-corrected chi connectivity index (χ3v) is 7.24. The van der Waals surface area contributed by atoms with E-state index in [2.05, 4.69) is 35.9 Å². The predicted octanol–water partition coefficient (Wildman–Crippen LogP) is 5.76. The van der Waals surface area contributed by atoms with Crippen molar-refractivity contribution in [3.63, 3.8) is 0 Å². The summed E-state index contributed by atoms with van der Waals surface area (Å²) in [6, 6.07) is 18.0. The van der Waals surface area contributed by atoms with E-state index in [1.54, 1.807) is 12.1 Å². The van der Waals surface area contributed by atoms with E-state index in [0.717, 1.165) is 16.5 Å². The maximum Gasteiger partial charge on any atom is 0.270 e. The van der Waals surface area contributed by atoms with Gasteiger partial charge in [-0.05, 0) is 29.8 Å². The van der Waals surface area contributed by atoms with Crippen LogP contribution in [0, 0.1) is 0 Å². The molecule has 0 atom stereocenters. The molecule has 1 fully saturated rings. The monoisotopic (exact) mass is 490 g/mol. The van der Waals surface area contributed by atoms with Gasteiger partial charge >= 0.3 is 0 Å². The summed E-state index contributed by atoms with van der Waals surface area (Å²) < 4.78 is 18.9. The fourth-order valence-electron chi connectivity index (χ4n) is 4.31. The molecule has 0 spiro atoms. The highest BCUT2D eigenvalue weighted by molar-refractivity contribution is 8.27. The number of anilines is 1. The highest BCUT2D eigenvalue weighted by Gasteiger charge is 2.34. The average Bonchev–Trinajstić information content (AvgIpc) is 3.30. The Morgan fingerprint density at radius 2 is 1.56 bits per heavy atom. The van der Waals surface area contributed by atoms with E-state index in [-0.39, 0.29) is 5.91 Å². The maximum absolute atomic E-state index is 13.4. The molecule has 172 valence electrons. The SMILES string of the molecule is COc1cc(N2C(=O)/C(=C/c3ccc4c(c3)c3ccccc3n4C)SC2=S)cc(OC)c1OC. The molecule has 1 amide bonds. The van der Waals surface area contributed by atoms with Gasteiger partial charge in [0, 0.05) is 41.0 Å². The Kier molecular flexibility index (Phi) is 5.71. The minimum atomic E-state index is -0.192. The van der Waals surface area contributed by atoms with Crippen LogP contribution in [0.1, 0.15) is 5.56 Å². The zero-order valence-electron chi connectivity index (χ0n) is 19.1. The molecule has 0 radical (unpaired) electrons. The number of amides is 1. The smallest absolute Gasteiger partial charge is 0.270 e. The number of rotatable bonds is 5. The summed E-state index contributed by atoms with van der Waals surface area (Å²) in [6.45, 7) is 0. The van der Waals surface area contributed by atoms with Gasteiger partial charge in [-0.3, -0.25) is 9.69 Å². The summed E-state index contributed by atoms with van der Waals surface area (Å²) in [5.41, 5.74) is 3.81. The number of carbonyl (C=O) groups is 1. The van der Waals surface area contributed by atoms with Crippen LogP contribution >= 0.6 is 24.0 Å². The van der Waals surface area contributed by atoms with Gasteiger partial charge < -0.3 is 18.8 Å². The quantitative estimate of drug-likeness (QED) is 0.262. The summed E-state index contributed by atoms with van der Waals surface area (Å²) >= 11 is 6.84.